The number of amides is 1. The zero-order valence-electron chi connectivity index (χ0n) is 16.1. The average Bonchev–Trinajstić information content (AvgIpc) is 3.25. The van der Waals surface area contributed by atoms with Crippen LogP contribution in [0.5, 0.6) is 5.75 Å². The van der Waals surface area contributed by atoms with Crippen LogP contribution in [0.15, 0.2) is 71.1 Å². The van der Waals surface area contributed by atoms with Crippen molar-refractivity contribution in [1.29, 1.82) is 0 Å². The Morgan fingerprint density at radius 2 is 1.72 bits per heavy atom. The van der Waals surface area contributed by atoms with E-state index < -0.39 is 0 Å². The van der Waals surface area contributed by atoms with Crippen molar-refractivity contribution in [3.8, 4) is 17.1 Å². The zero-order valence-corrected chi connectivity index (χ0v) is 16.1. The molecule has 5 nitrogen and oxygen atoms in total. The van der Waals surface area contributed by atoms with E-state index in [0.29, 0.717) is 31.0 Å². The molecule has 0 aliphatic carbocycles. The number of ether oxygens (including phenoxy) is 1. The van der Waals surface area contributed by atoms with Crippen molar-refractivity contribution in [3.05, 3.63) is 78.3 Å². The van der Waals surface area contributed by atoms with Gasteiger partial charge in [-0.05, 0) is 36.4 Å². The summed E-state index contributed by atoms with van der Waals surface area (Å²) < 4.78 is 25.3. The highest BCUT2D eigenvalue weighted by molar-refractivity contribution is 5.92. The lowest BCUT2D eigenvalue weighted by atomic mass is 10.1. The van der Waals surface area contributed by atoms with E-state index in [9.17, 15) is 9.18 Å². The van der Waals surface area contributed by atoms with Gasteiger partial charge in [-0.3, -0.25) is 4.79 Å². The summed E-state index contributed by atoms with van der Waals surface area (Å²) in [4.78, 5) is 16.0. The molecule has 1 aromatic heterocycles. The van der Waals surface area contributed by atoms with Crippen LogP contribution in [0.3, 0.4) is 0 Å². The predicted molar refractivity (Wildman–Crippen MR) is 108 cm³/mol. The van der Waals surface area contributed by atoms with E-state index >= 15 is 0 Å². The summed E-state index contributed by atoms with van der Waals surface area (Å²) in [5.74, 6) is 0.986. The van der Waals surface area contributed by atoms with Gasteiger partial charge in [0.05, 0.1) is 31.7 Å². The molecule has 0 atom stereocenters. The monoisotopic (exact) mass is 395 g/mol. The van der Waals surface area contributed by atoms with Gasteiger partial charge in [-0.25, -0.2) is 4.39 Å². The number of piperazine rings is 1. The normalized spacial score (nSPS) is 14.7. The molecule has 1 aliphatic rings. The van der Waals surface area contributed by atoms with Gasteiger partial charge in [0.15, 0.2) is 5.76 Å². The lowest BCUT2D eigenvalue weighted by Crippen LogP contribution is -3.15. The lowest BCUT2D eigenvalue weighted by molar-refractivity contribution is -0.903. The number of carbonyl (C=O) groups is 1. The van der Waals surface area contributed by atoms with Gasteiger partial charge in [-0.15, -0.1) is 0 Å². The summed E-state index contributed by atoms with van der Waals surface area (Å²) >= 11 is 0. The molecule has 6 heteroatoms. The van der Waals surface area contributed by atoms with Crippen LogP contribution in [0.25, 0.3) is 11.3 Å². The van der Waals surface area contributed by atoms with Crippen LogP contribution >= 0.6 is 0 Å². The van der Waals surface area contributed by atoms with Gasteiger partial charge in [0.25, 0.3) is 5.91 Å². The summed E-state index contributed by atoms with van der Waals surface area (Å²) in [6.07, 6.45) is 0. The van der Waals surface area contributed by atoms with E-state index in [0.717, 1.165) is 25.4 Å². The molecule has 150 valence electrons. The van der Waals surface area contributed by atoms with Crippen LogP contribution < -0.4 is 9.64 Å². The minimum Gasteiger partial charge on any atom is -0.488 e. The molecule has 3 aromatic rings. The minimum absolute atomic E-state index is 0.146. The SMILES string of the molecule is O=C(c1ccc(-c2ccccc2F)o1)N1CC[NH+](CCOc2ccccc2)CC1. The van der Waals surface area contributed by atoms with Crippen LogP contribution in [0, 0.1) is 5.82 Å². The minimum atomic E-state index is -0.365. The summed E-state index contributed by atoms with van der Waals surface area (Å²) in [5.41, 5.74) is 0.360. The first-order chi connectivity index (χ1) is 14.2. The zero-order chi connectivity index (χ0) is 20.1. The molecule has 1 fully saturated rings. The number of carbonyl (C=O) groups excluding carboxylic acids is 1. The van der Waals surface area contributed by atoms with Crippen LogP contribution in [0.1, 0.15) is 10.6 Å². The third-order valence-electron chi connectivity index (χ3n) is 5.18. The van der Waals surface area contributed by atoms with Crippen LogP contribution in [-0.2, 0) is 0 Å². The van der Waals surface area contributed by atoms with Crippen molar-refractivity contribution in [2.24, 2.45) is 0 Å². The van der Waals surface area contributed by atoms with Crippen molar-refractivity contribution in [2.45, 2.75) is 0 Å². The van der Waals surface area contributed by atoms with E-state index in [4.69, 9.17) is 9.15 Å². The molecule has 1 amide bonds. The van der Waals surface area contributed by atoms with E-state index in [1.807, 2.05) is 30.3 Å². The fraction of sp³-hybridized carbons (Fsp3) is 0.261. The van der Waals surface area contributed by atoms with Gasteiger partial charge in [0.1, 0.15) is 30.5 Å². The molecule has 2 heterocycles. The van der Waals surface area contributed by atoms with Crippen molar-refractivity contribution in [3.63, 3.8) is 0 Å². The standard InChI is InChI=1S/C23H23FN2O3/c24-20-9-5-4-8-19(20)21-10-11-22(29-21)23(27)26-14-12-25(13-15-26)16-17-28-18-6-2-1-3-7-18/h1-11H,12-17H2/p+1. The van der Waals surface area contributed by atoms with Crippen molar-refractivity contribution >= 4 is 5.91 Å². The first-order valence-electron chi connectivity index (χ1n) is 9.86. The molecular formula is C23H24FN2O3+. The number of nitrogens with one attached hydrogen (secondary N) is 1. The largest absolute Gasteiger partial charge is 0.488 e. The van der Waals surface area contributed by atoms with E-state index in [1.165, 1.54) is 11.0 Å². The number of hydrogen-bond acceptors (Lipinski definition) is 3. The lowest BCUT2D eigenvalue weighted by Gasteiger charge is -2.31. The number of hydrogen-bond donors (Lipinski definition) is 1. The van der Waals surface area contributed by atoms with Gasteiger partial charge in [0, 0.05) is 0 Å². The van der Waals surface area contributed by atoms with E-state index in [-0.39, 0.29) is 17.5 Å². The molecule has 0 saturated carbocycles. The number of quaternary nitrogens is 1. The quantitative estimate of drug-likeness (QED) is 0.698. The number of halogens is 1. The van der Waals surface area contributed by atoms with Crippen molar-refractivity contribution in [2.75, 3.05) is 39.3 Å². The number of nitrogens with zero attached hydrogens (tertiary/aromatic N) is 1. The van der Waals surface area contributed by atoms with Gasteiger partial charge >= 0.3 is 0 Å². The molecule has 2 aromatic carbocycles. The maximum atomic E-state index is 13.9. The first-order valence-corrected chi connectivity index (χ1v) is 9.86. The number of benzene rings is 2. The Hall–Kier alpha value is -3.12. The van der Waals surface area contributed by atoms with Crippen LogP contribution in [-0.4, -0.2) is 50.1 Å². The fourth-order valence-corrected chi connectivity index (χ4v) is 3.52. The van der Waals surface area contributed by atoms with Crippen molar-refractivity contribution in [1.82, 2.24) is 4.90 Å². The second-order valence-electron chi connectivity index (χ2n) is 7.10. The first kappa shape index (κ1) is 19.2. The Labute approximate surface area is 169 Å². The smallest absolute Gasteiger partial charge is 0.289 e. The summed E-state index contributed by atoms with van der Waals surface area (Å²) in [6.45, 7) is 4.60. The van der Waals surface area contributed by atoms with Crippen LogP contribution in [0.2, 0.25) is 0 Å². The Kier molecular flexibility index (Phi) is 5.91. The molecule has 0 unspecified atom stereocenters. The highest BCUT2D eigenvalue weighted by Gasteiger charge is 2.26. The van der Waals surface area contributed by atoms with E-state index in [1.54, 1.807) is 35.2 Å². The Morgan fingerprint density at radius 3 is 2.48 bits per heavy atom. The van der Waals surface area contributed by atoms with Gasteiger partial charge in [-0.2, -0.15) is 0 Å². The highest BCUT2D eigenvalue weighted by Crippen LogP contribution is 2.25. The topological polar surface area (TPSA) is 47.1 Å². The molecular weight excluding hydrogens is 371 g/mol. The van der Waals surface area contributed by atoms with Crippen LogP contribution in [0.4, 0.5) is 4.39 Å². The molecule has 0 bridgehead atoms. The maximum Gasteiger partial charge on any atom is 0.289 e. The molecule has 1 N–H and O–H groups in total. The second kappa shape index (κ2) is 8.92. The molecule has 0 spiro atoms. The molecule has 1 saturated heterocycles. The second-order valence-corrected chi connectivity index (χ2v) is 7.10. The molecule has 0 radical (unpaired) electrons. The number of para-hydroxylation sites is 1. The summed E-state index contributed by atoms with van der Waals surface area (Å²) in [6, 6.07) is 19.4. The summed E-state index contributed by atoms with van der Waals surface area (Å²) in [5, 5.41) is 0. The molecule has 29 heavy (non-hydrogen) atoms. The fourth-order valence-electron chi connectivity index (χ4n) is 3.52. The average molecular weight is 395 g/mol. The van der Waals surface area contributed by atoms with Gasteiger partial charge in [0.2, 0.25) is 0 Å². The number of rotatable bonds is 6. The highest BCUT2D eigenvalue weighted by atomic mass is 19.1. The van der Waals surface area contributed by atoms with Gasteiger partial charge in [-0.1, -0.05) is 30.3 Å². The third kappa shape index (κ3) is 4.66. The van der Waals surface area contributed by atoms with Gasteiger partial charge < -0.3 is 19.0 Å². The Balaban J connectivity index is 1.28. The number of furan rings is 1. The molecule has 4 rings (SSSR count). The predicted octanol–water partition coefficient (Wildman–Crippen LogP) is 2.51. The molecule has 1 aliphatic heterocycles. The summed E-state index contributed by atoms with van der Waals surface area (Å²) in [7, 11) is 0. The Morgan fingerprint density at radius 1 is 1.00 bits per heavy atom. The van der Waals surface area contributed by atoms with Crippen molar-refractivity contribution < 1.29 is 23.2 Å². The maximum absolute atomic E-state index is 13.9. The van der Waals surface area contributed by atoms with E-state index in [2.05, 4.69) is 0 Å². The Bertz CT molecular complexity index is 950. The third-order valence-corrected chi connectivity index (χ3v) is 5.18.